The van der Waals surface area contributed by atoms with Crippen molar-refractivity contribution in [3.63, 3.8) is 0 Å². The molecule has 1 aromatic heterocycles. The SMILES string of the molecule is [CH2]C(OC(C)=O)n1c(C(=O)C(F)(F)F)ccc1-c1ccc(Br)cc1. The standard InChI is InChI=1S/C16H12BrF3NO3/c1-9(24-10(2)22)21-13(11-3-5-12(17)6-4-11)7-8-14(21)15(23)16(18,19)20/h3-9H,1H2,2H3. The Kier molecular flexibility index (Phi) is 5.17. The first-order valence-electron chi connectivity index (χ1n) is 6.70. The van der Waals surface area contributed by atoms with Gasteiger partial charge in [0.05, 0.1) is 11.4 Å². The molecule has 4 nitrogen and oxygen atoms in total. The molecule has 0 saturated carbocycles. The van der Waals surface area contributed by atoms with Gasteiger partial charge < -0.3 is 9.30 Å². The molecule has 24 heavy (non-hydrogen) atoms. The molecular formula is C16H12BrF3NO3. The van der Waals surface area contributed by atoms with Crippen LogP contribution < -0.4 is 0 Å². The maximum absolute atomic E-state index is 12.8. The summed E-state index contributed by atoms with van der Waals surface area (Å²) in [6.07, 6.45) is -6.37. The van der Waals surface area contributed by atoms with Crippen molar-refractivity contribution < 1.29 is 27.5 Å². The van der Waals surface area contributed by atoms with Gasteiger partial charge in [0.25, 0.3) is 5.78 Å². The lowest BCUT2D eigenvalue weighted by molar-refractivity contribution is -0.148. The average Bonchev–Trinajstić information content (AvgIpc) is 2.90. The third-order valence-electron chi connectivity index (χ3n) is 3.14. The summed E-state index contributed by atoms with van der Waals surface area (Å²) in [4.78, 5) is 22.8. The number of nitrogens with zero attached hydrogens (tertiary/aromatic N) is 1. The number of halogens is 4. The van der Waals surface area contributed by atoms with Crippen molar-refractivity contribution >= 4 is 27.7 Å². The molecule has 2 rings (SSSR count). The molecule has 0 aliphatic carbocycles. The van der Waals surface area contributed by atoms with Crippen LogP contribution in [0.1, 0.15) is 23.6 Å². The van der Waals surface area contributed by atoms with Gasteiger partial charge in [0.15, 0.2) is 6.23 Å². The van der Waals surface area contributed by atoms with Crippen LogP contribution in [0.2, 0.25) is 0 Å². The highest BCUT2D eigenvalue weighted by atomic mass is 79.9. The number of carbonyl (C=O) groups is 2. The monoisotopic (exact) mass is 402 g/mol. The topological polar surface area (TPSA) is 48.3 Å². The van der Waals surface area contributed by atoms with E-state index in [4.69, 9.17) is 4.74 Å². The van der Waals surface area contributed by atoms with Crippen molar-refractivity contribution in [1.29, 1.82) is 0 Å². The van der Waals surface area contributed by atoms with E-state index in [1.807, 2.05) is 0 Å². The molecule has 127 valence electrons. The lowest BCUT2D eigenvalue weighted by atomic mass is 10.1. The van der Waals surface area contributed by atoms with E-state index in [9.17, 15) is 22.8 Å². The number of benzene rings is 1. The molecule has 0 bridgehead atoms. The number of carbonyl (C=O) groups excluding carboxylic acids is 2. The van der Waals surface area contributed by atoms with Crippen molar-refractivity contribution in [2.75, 3.05) is 0 Å². The Hall–Kier alpha value is -2.09. The lowest BCUT2D eigenvalue weighted by Gasteiger charge is -2.20. The van der Waals surface area contributed by atoms with Crippen molar-refractivity contribution in [2.45, 2.75) is 19.3 Å². The zero-order valence-electron chi connectivity index (χ0n) is 12.4. The maximum atomic E-state index is 12.8. The molecule has 0 saturated heterocycles. The maximum Gasteiger partial charge on any atom is 0.456 e. The predicted molar refractivity (Wildman–Crippen MR) is 84.1 cm³/mol. The van der Waals surface area contributed by atoms with E-state index in [0.29, 0.717) is 5.56 Å². The second kappa shape index (κ2) is 6.80. The average molecular weight is 403 g/mol. The highest BCUT2D eigenvalue weighted by Gasteiger charge is 2.42. The molecule has 1 radical (unpaired) electrons. The van der Waals surface area contributed by atoms with Crippen LogP contribution in [0, 0.1) is 6.92 Å². The Balaban J connectivity index is 2.59. The van der Waals surface area contributed by atoms with Crippen molar-refractivity contribution in [3.8, 4) is 11.3 Å². The van der Waals surface area contributed by atoms with Crippen LogP contribution in [0.25, 0.3) is 11.3 Å². The molecule has 0 fully saturated rings. The molecule has 0 spiro atoms. The number of ether oxygens (including phenoxy) is 1. The van der Waals surface area contributed by atoms with Gasteiger partial charge in [0.1, 0.15) is 0 Å². The van der Waals surface area contributed by atoms with E-state index < -0.39 is 29.9 Å². The smallest absolute Gasteiger partial charge is 0.441 e. The first kappa shape index (κ1) is 18.3. The fourth-order valence-corrected chi connectivity index (χ4v) is 2.45. The normalized spacial score (nSPS) is 12.8. The number of Topliss-reactive ketones (excluding diaryl/α,β-unsaturated/α-hetero) is 1. The Morgan fingerprint density at radius 2 is 1.75 bits per heavy atom. The van der Waals surface area contributed by atoms with Crippen molar-refractivity contribution in [1.82, 2.24) is 4.57 Å². The van der Waals surface area contributed by atoms with Crippen LogP contribution in [0.4, 0.5) is 13.2 Å². The molecule has 2 aromatic rings. The van der Waals surface area contributed by atoms with Crippen molar-refractivity contribution in [3.05, 3.63) is 53.5 Å². The second-order valence-electron chi connectivity index (χ2n) is 4.87. The highest BCUT2D eigenvalue weighted by molar-refractivity contribution is 9.10. The summed E-state index contributed by atoms with van der Waals surface area (Å²) in [7, 11) is 0. The molecule has 1 unspecified atom stereocenters. The third kappa shape index (κ3) is 3.87. The lowest BCUT2D eigenvalue weighted by Crippen LogP contribution is -2.27. The zero-order valence-corrected chi connectivity index (χ0v) is 14.0. The second-order valence-corrected chi connectivity index (χ2v) is 5.79. The van der Waals surface area contributed by atoms with Gasteiger partial charge in [0, 0.05) is 18.3 Å². The molecule has 0 amide bonds. The summed E-state index contributed by atoms with van der Waals surface area (Å²) in [5, 5.41) is 0. The molecular weight excluding hydrogens is 391 g/mol. The summed E-state index contributed by atoms with van der Waals surface area (Å²) in [6, 6.07) is 9.08. The molecule has 1 aromatic carbocycles. The molecule has 1 atom stereocenters. The highest BCUT2D eigenvalue weighted by Crippen LogP contribution is 2.31. The summed E-state index contributed by atoms with van der Waals surface area (Å²) in [6.45, 7) is 4.64. The van der Waals surface area contributed by atoms with E-state index in [1.165, 1.54) is 6.07 Å². The molecule has 0 aliphatic heterocycles. The summed E-state index contributed by atoms with van der Waals surface area (Å²) >= 11 is 3.26. The zero-order chi connectivity index (χ0) is 18.1. The van der Waals surface area contributed by atoms with E-state index >= 15 is 0 Å². The minimum absolute atomic E-state index is 0.274. The largest absolute Gasteiger partial charge is 0.456 e. The van der Waals surface area contributed by atoms with Crippen LogP contribution in [0.5, 0.6) is 0 Å². The minimum atomic E-state index is -5.05. The van der Waals surface area contributed by atoms with Gasteiger partial charge in [-0.15, -0.1) is 0 Å². The van der Waals surface area contributed by atoms with Crippen LogP contribution in [0.15, 0.2) is 40.9 Å². The van der Waals surface area contributed by atoms with Gasteiger partial charge in [0.2, 0.25) is 0 Å². The van der Waals surface area contributed by atoms with Gasteiger partial charge in [-0.3, -0.25) is 9.59 Å². The van der Waals surface area contributed by atoms with E-state index in [-0.39, 0.29) is 5.69 Å². The fraction of sp³-hybridized carbons (Fsp3) is 0.188. The van der Waals surface area contributed by atoms with Crippen LogP contribution in [-0.2, 0) is 9.53 Å². The number of esters is 1. The molecule has 0 aliphatic rings. The van der Waals surface area contributed by atoms with E-state index in [0.717, 1.165) is 22.0 Å². The summed E-state index contributed by atoms with van der Waals surface area (Å²) < 4.78 is 45.0. The first-order chi connectivity index (χ1) is 11.1. The van der Waals surface area contributed by atoms with Gasteiger partial charge in [-0.05, 0) is 29.8 Å². The Labute approximate surface area is 144 Å². The Morgan fingerprint density at radius 3 is 2.25 bits per heavy atom. The van der Waals surface area contributed by atoms with Crippen LogP contribution >= 0.6 is 15.9 Å². The van der Waals surface area contributed by atoms with Gasteiger partial charge >= 0.3 is 12.1 Å². The van der Waals surface area contributed by atoms with Gasteiger partial charge in [-0.1, -0.05) is 28.1 Å². The quantitative estimate of drug-likeness (QED) is 0.556. The van der Waals surface area contributed by atoms with Crippen molar-refractivity contribution in [2.24, 2.45) is 0 Å². The summed E-state index contributed by atoms with van der Waals surface area (Å²) in [5.74, 6) is -2.76. The van der Waals surface area contributed by atoms with Gasteiger partial charge in [-0.25, -0.2) is 0 Å². The fourth-order valence-electron chi connectivity index (χ4n) is 2.19. The number of rotatable bonds is 4. The van der Waals surface area contributed by atoms with Gasteiger partial charge in [-0.2, -0.15) is 13.2 Å². The summed E-state index contributed by atoms with van der Waals surface area (Å²) in [5.41, 5.74) is 0.165. The van der Waals surface area contributed by atoms with Crippen LogP contribution in [0.3, 0.4) is 0 Å². The first-order valence-corrected chi connectivity index (χ1v) is 7.49. The Morgan fingerprint density at radius 1 is 1.17 bits per heavy atom. The number of alkyl halides is 3. The number of hydrogen-bond acceptors (Lipinski definition) is 3. The molecule has 1 heterocycles. The number of hydrogen-bond donors (Lipinski definition) is 0. The van der Waals surface area contributed by atoms with Crippen LogP contribution in [-0.4, -0.2) is 22.5 Å². The van der Waals surface area contributed by atoms with E-state index in [1.54, 1.807) is 24.3 Å². The van der Waals surface area contributed by atoms with E-state index in [2.05, 4.69) is 22.9 Å². The molecule has 0 N–H and O–H groups in total. The third-order valence-corrected chi connectivity index (χ3v) is 3.67. The number of aromatic nitrogens is 1. The minimum Gasteiger partial charge on any atom is -0.441 e. The predicted octanol–water partition coefficient (Wildman–Crippen LogP) is 4.56. The number of ketones is 1. The Bertz CT molecular complexity index is 766. The molecule has 8 heteroatoms.